The van der Waals surface area contributed by atoms with E-state index < -0.39 is 5.66 Å². The minimum atomic E-state index is -0.455. The first-order chi connectivity index (χ1) is 8.94. The van der Waals surface area contributed by atoms with Gasteiger partial charge in [0.25, 0.3) is 0 Å². The summed E-state index contributed by atoms with van der Waals surface area (Å²) in [6, 6.07) is 10.3. The third kappa shape index (κ3) is 1.20. The van der Waals surface area contributed by atoms with Crippen LogP contribution in [0.15, 0.2) is 24.3 Å². The zero-order chi connectivity index (χ0) is 13.8. The van der Waals surface area contributed by atoms with Gasteiger partial charge in [0, 0.05) is 11.1 Å². The number of amides is 1. The molecule has 1 amide bonds. The van der Waals surface area contributed by atoms with E-state index in [9.17, 15) is 4.79 Å². The maximum atomic E-state index is 12.2. The van der Waals surface area contributed by atoms with Crippen LogP contribution in [-0.4, -0.2) is 29.6 Å². The van der Waals surface area contributed by atoms with Gasteiger partial charge in [0.15, 0.2) is 0 Å². The molecule has 1 atom stereocenters. The number of carbonyl (C=O) groups is 1. The molecule has 2 aliphatic rings. The quantitative estimate of drug-likeness (QED) is 0.720. The average molecular weight is 255 g/mol. The lowest BCUT2D eigenvalue weighted by molar-refractivity contribution is -0.130. The van der Waals surface area contributed by atoms with Gasteiger partial charge in [-0.3, -0.25) is 4.79 Å². The first-order valence-electron chi connectivity index (χ1n) is 6.49. The van der Waals surface area contributed by atoms with Crippen molar-refractivity contribution in [2.45, 2.75) is 31.8 Å². The van der Waals surface area contributed by atoms with Gasteiger partial charge in [-0.1, -0.05) is 32.0 Å². The number of nitrogens with zero attached hydrogens (tertiary/aromatic N) is 3. The summed E-state index contributed by atoms with van der Waals surface area (Å²) < 4.78 is 0. The Morgan fingerprint density at radius 3 is 2.68 bits per heavy atom. The third-order valence-corrected chi connectivity index (χ3v) is 4.93. The van der Waals surface area contributed by atoms with Crippen LogP contribution in [0.25, 0.3) is 0 Å². The Balaban J connectivity index is 2.22. The molecule has 1 aromatic rings. The van der Waals surface area contributed by atoms with Crippen LogP contribution >= 0.6 is 0 Å². The highest BCUT2D eigenvalue weighted by Gasteiger charge is 2.62. The summed E-state index contributed by atoms with van der Waals surface area (Å²) in [4.78, 5) is 16.1. The molecule has 4 nitrogen and oxygen atoms in total. The molecule has 3 rings (SSSR count). The fourth-order valence-electron chi connectivity index (χ4n) is 3.56. The number of hydrogen-bond donors (Lipinski definition) is 0. The minimum Gasteiger partial charge on any atom is -0.338 e. The van der Waals surface area contributed by atoms with E-state index in [0.29, 0.717) is 6.54 Å². The lowest BCUT2D eigenvalue weighted by Crippen LogP contribution is -2.59. The molecular weight excluding hydrogens is 238 g/mol. The minimum absolute atomic E-state index is 0.0339. The van der Waals surface area contributed by atoms with Crippen molar-refractivity contribution in [2.24, 2.45) is 0 Å². The lowest BCUT2D eigenvalue weighted by atomic mass is 9.76. The molecule has 1 saturated heterocycles. The first kappa shape index (κ1) is 12.0. The molecule has 0 spiro atoms. The van der Waals surface area contributed by atoms with E-state index in [1.807, 2.05) is 12.1 Å². The summed E-state index contributed by atoms with van der Waals surface area (Å²) >= 11 is 0. The predicted octanol–water partition coefficient (Wildman–Crippen LogP) is 1.87. The van der Waals surface area contributed by atoms with Crippen molar-refractivity contribution in [3.05, 3.63) is 29.8 Å². The van der Waals surface area contributed by atoms with Gasteiger partial charge in [0.1, 0.15) is 12.2 Å². The SMILES string of the molecule is CC1(C)c2ccccc2N2CC(=O)N(CC#N)[C@@]21C. The number of rotatable bonds is 1. The van der Waals surface area contributed by atoms with Crippen molar-refractivity contribution in [2.75, 3.05) is 18.0 Å². The number of benzene rings is 1. The van der Waals surface area contributed by atoms with Crippen LogP contribution in [0.2, 0.25) is 0 Å². The molecule has 0 aliphatic carbocycles. The zero-order valence-corrected chi connectivity index (χ0v) is 11.5. The molecule has 98 valence electrons. The highest BCUT2D eigenvalue weighted by Crippen LogP contribution is 2.54. The average Bonchev–Trinajstić information content (AvgIpc) is 2.73. The molecule has 0 radical (unpaired) electrons. The Kier molecular flexibility index (Phi) is 2.22. The highest BCUT2D eigenvalue weighted by atomic mass is 16.2. The van der Waals surface area contributed by atoms with Crippen molar-refractivity contribution in [1.82, 2.24) is 4.90 Å². The van der Waals surface area contributed by atoms with E-state index >= 15 is 0 Å². The van der Waals surface area contributed by atoms with Gasteiger partial charge in [-0.2, -0.15) is 5.26 Å². The van der Waals surface area contributed by atoms with E-state index in [2.05, 4.69) is 43.9 Å². The summed E-state index contributed by atoms with van der Waals surface area (Å²) in [5.74, 6) is 0.0339. The molecule has 0 bridgehead atoms. The summed E-state index contributed by atoms with van der Waals surface area (Å²) in [6.07, 6.45) is 0. The van der Waals surface area contributed by atoms with Crippen molar-refractivity contribution < 1.29 is 4.79 Å². The van der Waals surface area contributed by atoms with Crippen molar-refractivity contribution in [3.63, 3.8) is 0 Å². The van der Waals surface area contributed by atoms with Gasteiger partial charge in [-0.25, -0.2) is 0 Å². The Bertz CT molecular complexity index is 602. The van der Waals surface area contributed by atoms with Crippen molar-refractivity contribution >= 4 is 11.6 Å². The Labute approximate surface area is 113 Å². The molecule has 4 heteroatoms. The van der Waals surface area contributed by atoms with Crippen LogP contribution < -0.4 is 4.90 Å². The highest BCUT2D eigenvalue weighted by molar-refractivity contribution is 5.90. The number of anilines is 1. The Morgan fingerprint density at radius 2 is 2.00 bits per heavy atom. The van der Waals surface area contributed by atoms with Gasteiger partial charge in [-0.05, 0) is 18.6 Å². The van der Waals surface area contributed by atoms with Crippen molar-refractivity contribution in [3.8, 4) is 6.07 Å². The first-order valence-corrected chi connectivity index (χ1v) is 6.49. The number of fused-ring (bicyclic) bond motifs is 3. The molecule has 2 heterocycles. The predicted molar refractivity (Wildman–Crippen MR) is 72.5 cm³/mol. The third-order valence-electron chi connectivity index (χ3n) is 4.93. The summed E-state index contributed by atoms with van der Waals surface area (Å²) in [5, 5.41) is 9.00. The van der Waals surface area contributed by atoms with Gasteiger partial charge in [0.05, 0.1) is 12.6 Å². The van der Waals surface area contributed by atoms with E-state index in [-0.39, 0.29) is 17.9 Å². The smallest absolute Gasteiger partial charge is 0.244 e. The monoisotopic (exact) mass is 255 g/mol. The van der Waals surface area contributed by atoms with Gasteiger partial charge in [-0.15, -0.1) is 0 Å². The molecule has 19 heavy (non-hydrogen) atoms. The molecule has 1 aromatic carbocycles. The Hall–Kier alpha value is -2.02. The summed E-state index contributed by atoms with van der Waals surface area (Å²) in [7, 11) is 0. The van der Waals surface area contributed by atoms with Crippen LogP contribution in [0, 0.1) is 11.3 Å². The number of carbonyl (C=O) groups excluding carboxylic acids is 1. The fraction of sp³-hybridized carbons (Fsp3) is 0.467. The van der Waals surface area contributed by atoms with Crippen LogP contribution in [0.4, 0.5) is 5.69 Å². The van der Waals surface area contributed by atoms with Gasteiger partial charge in [0.2, 0.25) is 5.91 Å². The standard InChI is InChI=1S/C15H17N3O/c1-14(2)11-6-4-5-7-12(11)18-10-13(19)17(9-8-16)15(14,18)3/h4-7H,9-10H2,1-3H3/t15-/m0/s1. The van der Waals surface area contributed by atoms with Crippen molar-refractivity contribution in [1.29, 1.82) is 5.26 Å². The van der Waals surface area contributed by atoms with Crippen LogP contribution in [-0.2, 0) is 10.2 Å². The second kappa shape index (κ2) is 3.51. The molecule has 0 N–H and O–H groups in total. The molecule has 0 unspecified atom stereocenters. The normalized spacial score (nSPS) is 27.2. The maximum Gasteiger partial charge on any atom is 0.244 e. The van der Waals surface area contributed by atoms with E-state index in [1.165, 1.54) is 5.56 Å². The maximum absolute atomic E-state index is 12.2. The van der Waals surface area contributed by atoms with E-state index in [4.69, 9.17) is 5.26 Å². The van der Waals surface area contributed by atoms with E-state index in [1.54, 1.807) is 4.90 Å². The van der Waals surface area contributed by atoms with Crippen LogP contribution in [0.5, 0.6) is 0 Å². The summed E-state index contributed by atoms with van der Waals surface area (Å²) in [6.45, 7) is 6.86. The molecule has 0 aromatic heterocycles. The second-order valence-electron chi connectivity index (χ2n) is 5.89. The van der Waals surface area contributed by atoms with E-state index in [0.717, 1.165) is 5.69 Å². The number of hydrogen-bond acceptors (Lipinski definition) is 3. The largest absolute Gasteiger partial charge is 0.338 e. The Morgan fingerprint density at radius 1 is 1.32 bits per heavy atom. The number of nitriles is 1. The molecule has 1 fully saturated rings. The zero-order valence-electron chi connectivity index (χ0n) is 11.5. The van der Waals surface area contributed by atoms with Gasteiger partial charge >= 0.3 is 0 Å². The lowest BCUT2D eigenvalue weighted by Gasteiger charge is -2.45. The second-order valence-corrected chi connectivity index (χ2v) is 5.89. The molecule has 0 saturated carbocycles. The molecule has 2 aliphatic heterocycles. The van der Waals surface area contributed by atoms with Crippen LogP contribution in [0.3, 0.4) is 0 Å². The topological polar surface area (TPSA) is 47.3 Å². The number of para-hydroxylation sites is 1. The summed E-state index contributed by atoms with van der Waals surface area (Å²) in [5.41, 5.74) is 1.70. The van der Waals surface area contributed by atoms with Gasteiger partial charge < -0.3 is 9.80 Å². The van der Waals surface area contributed by atoms with Crippen LogP contribution in [0.1, 0.15) is 26.3 Å². The molecular formula is C15H17N3O. The fourth-order valence-corrected chi connectivity index (χ4v) is 3.56.